The fraction of sp³-hybridized carbons (Fsp3) is 0.267. The van der Waals surface area contributed by atoms with E-state index in [0.717, 1.165) is 46.2 Å². The Morgan fingerprint density at radius 2 is 1.68 bits per heavy atom. The number of hydrogen-bond acceptors (Lipinski definition) is 3. The standard InChI is InChI=1S/C30H30Cl2N2O4/c1-3-4-22(18-5-7-20(8-6-18)30(37)33-16-15-26(35)36)27(19-9-11-21(38-2)12-10-19)24-17-34-29-23(24)13-14-25(31)28(29)32/h5-14,17,22,27,34H,3-4,15-16H2,1-2H3,(H,33,37)(H,35,36). The number of carbonyl (C=O) groups is 2. The summed E-state index contributed by atoms with van der Waals surface area (Å²) < 4.78 is 5.40. The molecular formula is C30H30Cl2N2O4. The maximum Gasteiger partial charge on any atom is 0.305 e. The predicted octanol–water partition coefficient (Wildman–Crippen LogP) is 7.40. The van der Waals surface area contributed by atoms with Crippen molar-refractivity contribution >= 4 is 46.0 Å². The number of carboxylic acids is 1. The highest BCUT2D eigenvalue weighted by molar-refractivity contribution is 6.45. The number of aromatic nitrogens is 1. The molecule has 8 heteroatoms. The van der Waals surface area contributed by atoms with Gasteiger partial charge in [-0.15, -0.1) is 0 Å². The summed E-state index contributed by atoms with van der Waals surface area (Å²) in [5.74, 6) is -0.368. The number of carbonyl (C=O) groups excluding carboxylic acids is 1. The Morgan fingerprint density at radius 3 is 2.32 bits per heavy atom. The van der Waals surface area contributed by atoms with Gasteiger partial charge in [0.1, 0.15) is 5.75 Å². The first-order valence-electron chi connectivity index (χ1n) is 12.5. The molecule has 1 heterocycles. The fourth-order valence-electron chi connectivity index (χ4n) is 4.96. The molecule has 3 aromatic carbocycles. The van der Waals surface area contributed by atoms with E-state index in [-0.39, 0.29) is 30.7 Å². The molecular weight excluding hydrogens is 523 g/mol. The second-order valence-electron chi connectivity index (χ2n) is 9.20. The summed E-state index contributed by atoms with van der Waals surface area (Å²) in [5.41, 5.74) is 4.63. The molecule has 4 aromatic rings. The first kappa shape index (κ1) is 27.6. The van der Waals surface area contributed by atoms with E-state index in [1.165, 1.54) is 0 Å². The molecule has 0 saturated carbocycles. The smallest absolute Gasteiger partial charge is 0.305 e. The van der Waals surface area contributed by atoms with Crippen LogP contribution in [0.25, 0.3) is 10.9 Å². The molecule has 0 aliphatic carbocycles. The van der Waals surface area contributed by atoms with Crippen molar-refractivity contribution in [3.63, 3.8) is 0 Å². The van der Waals surface area contributed by atoms with Gasteiger partial charge in [0.2, 0.25) is 0 Å². The Labute approximate surface area is 231 Å². The Morgan fingerprint density at radius 1 is 1.00 bits per heavy atom. The first-order chi connectivity index (χ1) is 18.3. The molecule has 0 saturated heterocycles. The van der Waals surface area contributed by atoms with Crippen LogP contribution in [0.15, 0.2) is 66.9 Å². The monoisotopic (exact) mass is 552 g/mol. The summed E-state index contributed by atoms with van der Waals surface area (Å²) in [7, 11) is 1.65. The Balaban J connectivity index is 1.75. The molecule has 0 aliphatic rings. The Hall–Kier alpha value is -3.48. The largest absolute Gasteiger partial charge is 0.497 e. The average Bonchev–Trinajstić information content (AvgIpc) is 3.35. The van der Waals surface area contributed by atoms with E-state index >= 15 is 0 Å². The van der Waals surface area contributed by atoms with E-state index in [1.54, 1.807) is 19.2 Å². The number of aromatic amines is 1. The lowest BCUT2D eigenvalue weighted by Crippen LogP contribution is -2.26. The molecule has 0 radical (unpaired) electrons. The van der Waals surface area contributed by atoms with Gasteiger partial charge in [0.25, 0.3) is 5.91 Å². The number of benzene rings is 3. The number of ether oxygens (including phenoxy) is 1. The average molecular weight is 553 g/mol. The Bertz CT molecular complexity index is 1410. The van der Waals surface area contributed by atoms with E-state index in [2.05, 4.69) is 29.4 Å². The van der Waals surface area contributed by atoms with Gasteiger partial charge in [-0.3, -0.25) is 9.59 Å². The number of fused-ring (bicyclic) bond motifs is 1. The van der Waals surface area contributed by atoms with Crippen molar-refractivity contribution in [2.75, 3.05) is 13.7 Å². The highest BCUT2D eigenvalue weighted by Crippen LogP contribution is 2.45. The van der Waals surface area contributed by atoms with Crippen LogP contribution >= 0.6 is 23.2 Å². The molecule has 0 spiro atoms. The van der Waals surface area contributed by atoms with Gasteiger partial charge < -0.3 is 20.1 Å². The van der Waals surface area contributed by atoms with E-state index in [0.29, 0.717) is 15.6 Å². The van der Waals surface area contributed by atoms with Gasteiger partial charge >= 0.3 is 5.97 Å². The summed E-state index contributed by atoms with van der Waals surface area (Å²) >= 11 is 12.8. The number of aliphatic carboxylic acids is 1. The van der Waals surface area contributed by atoms with Crippen molar-refractivity contribution in [2.24, 2.45) is 0 Å². The summed E-state index contributed by atoms with van der Waals surface area (Å²) in [4.78, 5) is 26.6. The number of nitrogens with one attached hydrogen (secondary N) is 2. The minimum Gasteiger partial charge on any atom is -0.497 e. The van der Waals surface area contributed by atoms with Crippen LogP contribution in [-0.2, 0) is 4.79 Å². The summed E-state index contributed by atoms with van der Waals surface area (Å²) in [6, 6.07) is 19.5. The normalized spacial score (nSPS) is 12.7. The molecule has 38 heavy (non-hydrogen) atoms. The molecule has 2 unspecified atom stereocenters. The lowest BCUT2D eigenvalue weighted by Gasteiger charge is -2.28. The van der Waals surface area contributed by atoms with Crippen LogP contribution in [0, 0.1) is 0 Å². The van der Waals surface area contributed by atoms with Crippen molar-refractivity contribution in [1.29, 1.82) is 0 Å². The zero-order chi connectivity index (χ0) is 27.2. The number of rotatable bonds is 11. The second-order valence-corrected chi connectivity index (χ2v) is 9.98. The first-order valence-corrected chi connectivity index (χ1v) is 13.3. The molecule has 4 rings (SSSR count). The van der Waals surface area contributed by atoms with Gasteiger partial charge in [-0.2, -0.15) is 0 Å². The molecule has 0 aliphatic heterocycles. The van der Waals surface area contributed by atoms with Crippen molar-refractivity contribution in [3.05, 3.63) is 99.2 Å². The van der Waals surface area contributed by atoms with Crippen LogP contribution in [0.1, 0.15) is 65.1 Å². The minimum atomic E-state index is -0.950. The molecule has 1 aromatic heterocycles. The zero-order valence-corrected chi connectivity index (χ0v) is 22.8. The lowest BCUT2D eigenvalue weighted by molar-refractivity contribution is -0.136. The van der Waals surface area contributed by atoms with Crippen molar-refractivity contribution in [2.45, 2.75) is 38.0 Å². The third-order valence-corrected chi connectivity index (χ3v) is 7.62. The molecule has 1 amide bonds. The summed E-state index contributed by atoms with van der Waals surface area (Å²) in [6.07, 6.45) is 3.76. The van der Waals surface area contributed by atoms with Gasteiger partial charge in [0.05, 0.1) is 29.1 Å². The highest BCUT2D eigenvalue weighted by Gasteiger charge is 2.29. The lowest BCUT2D eigenvalue weighted by atomic mass is 9.75. The topological polar surface area (TPSA) is 91.4 Å². The van der Waals surface area contributed by atoms with E-state index in [9.17, 15) is 9.59 Å². The van der Waals surface area contributed by atoms with Crippen LogP contribution in [0.3, 0.4) is 0 Å². The van der Waals surface area contributed by atoms with Gasteiger partial charge in [-0.25, -0.2) is 0 Å². The van der Waals surface area contributed by atoms with Crippen molar-refractivity contribution in [3.8, 4) is 5.75 Å². The van der Waals surface area contributed by atoms with Gasteiger partial charge in [-0.1, -0.05) is 66.9 Å². The maximum atomic E-state index is 12.5. The zero-order valence-electron chi connectivity index (χ0n) is 21.3. The molecule has 0 bridgehead atoms. The molecule has 198 valence electrons. The van der Waals surface area contributed by atoms with Gasteiger partial charge in [-0.05, 0) is 59.4 Å². The minimum absolute atomic E-state index is 0.0120. The highest BCUT2D eigenvalue weighted by atomic mass is 35.5. The Kier molecular flexibility index (Phi) is 8.97. The van der Waals surface area contributed by atoms with E-state index in [4.69, 9.17) is 33.0 Å². The summed E-state index contributed by atoms with van der Waals surface area (Å²) in [6.45, 7) is 2.25. The number of halogens is 2. The number of carboxylic acid groups (broad SMARTS) is 1. The number of methoxy groups -OCH3 is 1. The number of H-pyrrole nitrogens is 1. The number of hydrogen-bond donors (Lipinski definition) is 3. The van der Waals surface area contributed by atoms with Gasteiger partial charge in [0.15, 0.2) is 0 Å². The molecule has 3 N–H and O–H groups in total. The van der Waals surface area contributed by atoms with Crippen molar-refractivity contribution < 1.29 is 19.4 Å². The van der Waals surface area contributed by atoms with Crippen LogP contribution in [0.5, 0.6) is 5.75 Å². The van der Waals surface area contributed by atoms with E-state index in [1.807, 2.05) is 42.6 Å². The molecule has 2 atom stereocenters. The molecule has 0 fully saturated rings. The maximum absolute atomic E-state index is 12.5. The molecule has 6 nitrogen and oxygen atoms in total. The number of amides is 1. The quantitative estimate of drug-likeness (QED) is 0.180. The predicted molar refractivity (Wildman–Crippen MR) is 152 cm³/mol. The fourth-order valence-corrected chi connectivity index (χ4v) is 5.34. The van der Waals surface area contributed by atoms with Crippen molar-refractivity contribution in [1.82, 2.24) is 10.3 Å². The summed E-state index contributed by atoms with van der Waals surface area (Å²) in [5, 5.41) is 13.5. The SMILES string of the molecule is CCCC(c1ccc(C(=O)NCCC(=O)O)cc1)C(c1ccc(OC)cc1)c1c[nH]c2c(Cl)c(Cl)ccc12. The third-order valence-electron chi connectivity index (χ3n) is 6.82. The van der Waals surface area contributed by atoms with Crippen LogP contribution in [0.4, 0.5) is 0 Å². The third kappa shape index (κ3) is 5.98. The van der Waals surface area contributed by atoms with Crippen LogP contribution in [-0.4, -0.2) is 35.6 Å². The van der Waals surface area contributed by atoms with E-state index < -0.39 is 5.97 Å². The van der Waals surface area contributed by atoms with Crippen LogP contribution in [0.2, 0.25) is 10.0 Å². The van der Waals surface area contributed by atoms with Crippen LogP contribution < -0.4 is 10.1 Å². The van der Waals surface area contributed by atoms with Gasteiger partial charge in [0, 0.05) is 29.6 Å². The second kappa shape index (κ2) is 12.4.